The van der Waals surface area contributed by atoms with Crippen LogP contribution in [0.4, 0.5) is 5.69 Å². The number of para-hydroxylation sites is 1. The molecule has 0 amide bonds. The highest BCUT2D eigenvalue weighted by atomic mass is 35.5. The largest absolute Gasteiger partial charge is 0.490 e. The van der Waals surface area contributed by atoms with Crippen molar-refractivity contribution in [1.29, 1.82) is 0 Å². The highest BCUT2D eigenvalue weighted by Gasteiger charge is 2.12. The molecular weight excluding hydrogens is 381 g/mol. The molecule has 0 atom stereocenters. The second-order valence-corrected chi connectivity index (χ2v) is 6.77. The third kappa shape index (κ3) is 5.31. The topological polar surface area (TPSA) is 30.5 Å². The molecule has 3 rings (SSSR count). The molecule has 0 bridgehead atoms. The van der Waals surface area contributed by atoms with E-state index in [4.69, 9.17) is 32.7 Å². The summed E-state index contributed by atoms with van der Waals surface area (Å²) in [5, 5.41) is 4.52. The van der Waals surface area contributed by atoms with Crippen molar-refractivity contribution in [3.8, 4) is 11.5 Å². The molecule has 0 heterocycles. The van der Waals surface area contributed by atoms with Crippen molar-refractivity contribution < 1.29 is 9.47 Å². The van der Waals surface area contributed by atoms with E-state index in [1.165, 1.54) is 0 Å². The average Bonchev–Trinajstić information content (AvgIpc) is 2.67. The van der Waals surface area contributed by atoms with E-state index < -0.39 is 0 Å². The fraction of sp³-hybridized carbons (Fsp3) is 0.182. The second-order valence-electron chi connectivity index (χ2n) is 5.93. The molecule has 3 aromatic rings. The summed E-state index contributed by atoms with van der Waals surface area (Å²) in [4.78, 5) is 0. The number of benzene rings is 3. The summed E-state index contributed by atoms with van der Waals surface area (Å²) in [5.74, 6) is 1.47. The lowest BCUT2D eigenvalue weighted by Crippen LogP contribution is -2.06. The van der Waals surface area contributed by atoms with Crippen LogP contribution in [0.2, 0.25) is 10.0 Å². The molecule has 5 heteroatoms. The number of rotatable bonds is 8. The quantitative estimate of drug-likeness (QED) is 0.462. The molecule has 0 spiro atoms. The van der Waals surface area contributed by atoms with Crippen LogP contribution in [0.5, 0.6) is 11.5 Å². The zero-order chi connectivity index (χ0) is 19.1. The van der Waals surface area contributed by atoms with Crippen LogP contribution in [0.1, 0.15) is 18.1 Å². The van der Waals surface area contributed by atoms with Gasteiger partial charge in [0.2, 0.25) is 0 Å². The highest BCUT2D eigenvalue weighted by molar-refractivity contribution is 6.36. The van der Waals surface area contributed by atoms with Crippen LogP contribution in [0.25, 0.3) is 0 Å². The van der Waals surface area contributed by atoms with Gasteiger partial charge in [-0.25, -0.2) is 0 Å². The Kier molecular flexibility index (Phi) is 6.86. The Morgan fingerprint density at radius 2 is 1.70 bits per heavy atom. The van der Waals surface area contributed by atoms with Gasteiger partial charge in [0.1, 0.15) is 6.61 Å². The van der Waals surface area contributed by atoms with Gasteiger partial charge in [0.05, 0.1) is 17.3 Å². The summed E-state index contributed by atoms with van der Waals surface area (Å²) in [6.45, 7) is 3.55. The second kappa shape index (κ2) is 9.54. The van der Waals surface area contributed by atoms with E-state index in [9.17, 15) is 0 Å². The number of nitrogens with one attached hydrogen (secondary N) is 1. The van der Waals surface area contributed by atoms with Crippen molar-refractivity contribution >= 4 is 28.9 Å². The van der Waals surface area contributed by atoms with E-state index in [0.717, 1.165) is 28.3 Å². The van der Waals surface area contributed by atoms with Gasteiger partial charge in [-0.15, -0.1) is 0 Å². The first-order valence-corrected chi connectivity index (χ1v) is 9.53. The molecule has 0 aliphatic heterocycles. The zero-order valence-corrected chi connectivity index (χ0v) is 16.6. The summed E-state index contributed by atoms with van der Waals surface area (Å²) < 4.78 is 11.9. The van der Waals surface area contributed by atoms with Gasteiger partial charge >= 0.3 is 0 Å². The zero-order valence-electron chi connectivity index (χ0n) is 15.0. The van der Waals surface area contributed by atoms with Crippen molar-refractivity contribution in [2.45, 2.75) is 20.1 Å². The van der Waals surface area contributed by atoms with Gasteiger partial charge in [-0.1, -0.05) is 65.7 Å². The predicted octanol–water partition coefficient (Wildman–Crippen LogP) is 6.58. The van der Waals surface area contributed by atoms with Crippen LogP contribution < -0.4 is 14.8 Å². The normalized spacial score (nSPS) is 10.5. The van der Waals surface area contributed by atoms with Gasteiger partial charge in [0.15, 0.2) is 11.5 Å². The van der Waals surface area contributed by atoms with Crippen LogP contribution in [0.3, 0.4) is 0 Å². The van der Waals surface area contributed by atoms with Crippen LogP contribution in [0, 0.1) is 0 Å². The molecule has 0 aliphatic carbocycles. The van der Waals surface area contributed by atoms with Gasteiger partial charge in [-0.2, -0.15) is 0 Å². The Labute approximate surface area is 169 Å². The maximum absolute atomic E-state index is 6.25. The average molecular weight is 402 g/mol. The summed E-state index contributed by atoms with van der Waals surface area (Å²) in [6, 6.07) is 21.3. The highest BCUT2D eigenvalue weighted by Crippen LogP contribution is 2.33. The lowest BCUT2D eigenvalue weighted by Gasteiger charge is -2.17. The Morgan fingerprint density at radius 1 is 0.889 bits per heavy atom. The van der Waals surface area contributed by atoms with Crippen LogP contribution >= 0.6 is 23.2 Å². The van der Waals surface area contributed by atoms with E-state index in [1.54, 1.807) is 12.1 Å². The number of anilines is 1. The molecule has 140 valence electrons. The number of halogens is 2. The van der Waals surface area contributed by atoms with Gasteiger partial charge in [0.25, 0.3) is 0 Å². The van der Waals surface area contributed by atoms with E-state index in [1.807, 2.05) is 61.5 Å². The van der Waals surface area contributed by atoms with E-state index in [2.05, 4.69) is 5.32 Å². The van der Waals surface area contributed by atoms with Crippen LogP contribution in [-0.2, 0) is 13.2 Å². The van der Waals surface area contributed by atoms with Crippen molar-refractivity contribution in [2.75, 3.05) is 11.9 Å². The molecule has 0 fully saturated rings. The fourth-order valence-electron chi connectivity index (χ4n) is 2.69. The Morgan fingerprint density at radius 3 is 2.44 bits per heavy atom. The van der Waals surface area contributed by atoms with E-state index in [0.29, 0.717) is 29.8 Å². The summed E-state index contributed by atoms with van der Waals surface area (Å²) in [7, 11) is 0. The van der Waals surface area contributed by atoms with E-state index in [-0.39, 0.29) is 0 Å². The molecule has 0 aromatic heterocycles. The molecule has 3 nitrogen and oxygen atoms in total. The third-order valence-electron chi connectivity index (χ3n) is 3.99. The van der Waals surface area contributed by atoms with Gasteiger partial charge in [0, 0.05) is 17.1 Å². The molecule has 0 saturated carbocycles. The predicted molar refractivity (Wildman–Crippen MR) is 112 cm³/mol. The van der Waals surface area contributed by atoms with Gasteiger partial charge in [-0.05, 0) is 36.8 Å². The molecule has 0 unspecified atom stereocenters. The SMILES string of the molecule is CCOc1cccc(CNc2ccc(Cl)cc2Cl)c1OCc1ccccc1. The maximum atomic E-state index is 6.25. The standard InChI is InChI=1S/C22H21Cl2NO2/c1-2-26-21-10-6-9-17(14-25-20-12-11-18(23)13-19(20)24)22(21)27-15-16-7-4-3-5-8-16/h3-13,25H,2,14-15H2,1H3. The van der Waals surface area contributed by atoms with Gasteiger partial charge in [-0.3, -0.25) is 0 Å². The van der Waals surface area contributed by atoms with Crippen molar-refractivity contribution in [3.63, 3.8) is 0 Å². The van der Waals surface area contributed by atoms with E-state index >= 15 is 0 Å². The lowest BCUT2D eigenvalue weighted by molar-refractivity contribution is 0.267. The number of hydrogen-bond acceptors (Lipinski definition) is 3. The molecule has 27 heavy (non-hydrogen) atoms. The molecule has 0 aliphatic rings. The van der Waals surface area contributed by atoms with Crippen molar-refractivity contribution in [2.24, 2.45) is 0 Å². The summed E-state index contributed by atoms with van der Waals surface area (Å²) >= 11 is 12.2. The Balaban J connectivity index is 1.79. The third-order valence-corrected chi connectivity index (χ3v) is 4.53. The molecule has 1 N–H and O–H groups in total. The molecule has 3 aromatic carbocycles. The Bertz CT molecular complexity index is 885. The van der Waals surface area contributed by atoms with Crippen LogP contribution in [-0.4, -0.2) is 6.61 Å². The molecule has 0 saturated heterocycles. The first-order chi connectivity index (χ1) is 13.2. The molecular formula is C22H21Cl2NO2. The minimum Gasteiger partial charge on any atom is -0.490 e. The smallest absolute Gasteiger partial charge is 0.166 e. The maximum Gasteiger partial charge on any atom is 0.166 e. The van der Waals surface area contributed by atoms with Gasteiger partial charge < -0.3 is 14.8 Å². The first kappa shape index (κ1) is 19.4. The van der Waals surface area contributed by atoms with Crippen molar-refractivity contribution in [3.05, 3.63) is 87.9 Å². The first-order valence-electron chi connectivity index (χ1n) is 8.77. The number of ether oxygens (including phenoxy) is 2. The summed E-state index contributed by atoms with van der Waals surface area (Å²) in [5.41, 5.74) is 2.91. The lowest BCUT2D eigenvalue weighted by atomic mass is 10.1. The molecule has 0 radical (unpaired) electrons. The number of hydrogen-bond donors (Lipinski definition) is 1. The monoisotopic (exact) mass is 401 g/mol. The fourth-order valence-corrected chi connectivity index (χ4v) is 3.16. The van der Waals surface area contributed by atoms with Crippen LogP contribution in [0.15, 0.2) is 66.7 Å². The summed E-state index contributed by atoms with van der Waals surface area (Å²) in [6.07, 6.45) is 0. The Hall–Kier alpha value is -2.36. The minimum atomic E-state index is 0.472. The van der Waals surface area contributed by atoms with Crippen molar-refractivity contribution in [1.82, 2.24) is 0 Å². The minimum absolute atomic E-state index is 0.472.